The molecule has 1 spiro atoms. The molecule has 2 N–H and O–H groups in total. The molecule has 1 aromatic rings. The average Bonchev–Trinajstić information content (AvgIpc) is 2.40. The third-order valence-electron chi connectivity index (χ3n) is 4.68. The molecule has 104 valence electrons. The molecule has 0 atom stereocenters. The Morgan fingerprint density at radius 3 is 2.63 bits per heavy atom. The predicted octanol–water partition coefficient (Wildman–Crippen LogP) is 3.74. The van der Waals surface area contributed by atoms with Crippen LogP contribution in [-0.4, -0.2) is 23.2 Å². The number of rotatable bonds is 1. The van der Waals surface area contributed by atoms with E-state index in [4.69, 9.17) is 0 Å². The molecule has 19 heavy (non-hydrogen) atoms. The zero-order valence-electron chi connectivity index (χ0n) is 11.9. The van der Waals surface area contributed by atoms with Crippen molar-refractivity contribution in [3.05, 3.63) is 18.2 Å². The lowest BCUT2D eigenvalue weighted by atomic mass is 9.77. The van der Waals surface area contributed by atoms with Crippen LogP contribution in [0, 0.1) is 0 Å². The second kappa shape index (κ2) is 4.62. The number of anilines is 2. The van der Waals surface area contributed by atoms with Crippen molar-refractivity contribution in [2.45, 2.75) is 57.5 Å². The number of phenolic OH excluding ortho intramolecular Hbond substituents is 1. The highest BCUT2D eigenvalue weighted by Crippen LogP contribution is 2.48. The molecule has 1 aliphatic carbocycles. The molecule has 1 aliphatic heterocycles. The van der Waals surface area contributed by atoms with Crippen LogP contribution in [0.1, 0.15) is 46.0 Å². The number of fused-ring (bicyclic) bond motifs is 1. The quantitative estimate of drug-likeness (QED) is 0.807. The Kier molecular flexibility index (Phi) is 3.08. The molecule has 3 heteroatoms. The minimum absolute atomic E-state index is 0.193. The third-order valence-corrected chi connectivity index (χ3v) is 4.68. The lowest BCUT2D eigenvalue weighted by Gasteiger charge is -2.53. The number of aromatic hydroxyl groups is 1. The minimum Gasteiger partial charge on any atom is -0.506 e. The number of nitrogens with zero attached hydrogens (tertiary/aromatic N) is 1. The van der Waals surface area contributed by atoms with Gasteiger partial charge in [0, 0.05) is 12.6 Å². The highest BCUT2D eigenvalue weighted by atomic mass is 16.3. The minimum atomic E-state index is 0.193. The van der Waals surface area contributed by atoms with Crippen molar-refractivity contribution >= 4 is 11.4 Å². The molecule has 1 heterocycles. The van der Waals surface area contributed by atoms with Crippen LogP contribution >= 0.6 is 0 Å². The van der Waals surface area contributed by atoms with Crippen LogP contribution in [0.25, 0.3) is 0 Å². The van der Waals surface area contributed by atoms with Gasteiger partial charge in [0.25, 0.3) is 0 Å². The maximum Gasteiger partial charge on any atom is 0.141 e. The Bertz CT molecular complexity index is 464. The number of hydrogen-bond acceptors (Lipinski definition) is 3. The van der Waals surface area contributed by atoms with E-state index in [2.05, 4.69) is 30.1 Å². The molecule has 0 amide bonds. The van der Waals surface area contributed by atoms with E-state index in [1.807, 2.05) is 6.07 Å². The van der Waals surface area contributed by atoms with E-state index < -0.39 is 0 Å². The second-order valence-electron chi connectivity index (χ2n) is 6.28. The van der Waals surface area contributed by atoms with Crippen molar-refractivity contribution in [2.24, 2.45) is 0 Å². The predicted molar refractivity (Wildman–Crippen MR) is 80.0 cm³/mol. The molecule has 1 aromatic carbocycles. The molecule has 0 bridgehead atoms. The van der Waals surface area contributed by atoms with Crippen molar-refractivity contribution in [1.82, 2.24) is 0 Å². The van der Waals surface area contributed by atoms with Crippen LogP contribution in [0.3, 0.4) is 0 Å². The van der Waals surface area contributed by atoms with E-state index in [-0.39, 0.29) is 5.54 Å². The van der Waals surface area contributed by atoms with Gasteiger partial charge in [0.2, 0.25) is 0 Å². The van der Waals surface area contributed by atoms with Crippen molar-refractivity contribution < 1.29 is 5.11 Å². The first-order chi connectivity index (χ1) is 9.14. The molecule has 3 nitrogen and oxygen atoms in total. The lowest BCUT2D eigenvalue weighted by Crippen LogP contribution is -2.59. The van der Waals surface area contributed by atoms with E-state index in [9.17, 15) is 5.11 Å². The third kappa shape index (κ3) is 1.96. The van der Waals surface area contributed by atoms with Gasteiger partial charge in [-0.3, -0.25) is 0 Å². The Hall–Kier alpha value is -1.38. The fourth-order valence-electron chi connectivity index (χ4n) is 3.94. The standard InChI is InChI=1S/C16H24N2O/c1-12(2)18-15-13(7-6-8-14(15)19)17-11-16(18)9-4-3-5-10-16/h6-8,12,17,19H,3-5,9-11H2,1-2H3. The summed E-state index contributed by atoms with van der Waals surface area (Å²) < 4.78 is 0. The van der Waals surface area contributed by atoms with Crippen molar-refractivity contribution in [1.29, 1.82) is 0 Å². The summed E-state index contributed by atoms with van der Waals surface area (Å²) in [5.41, 5.74) is 2.27. The molecule has 0 radical (unpaired) electrons. The first kappa shape index (κ1) is 12.6. The van der Waals surface area contributed by atoms with Gasteiger partial charge in [0.15, 0.2) is 0 Å². The van der Waals surface area contributed by atoms with Crippen LogP contribution in [0.4, 0.5) is 11.4 Å². The molecule has 2 aliphatic rings. The summed E-state index contributed by atoms with van der Waals surface area (Å²) in [6, 6.07) is 6.20. The van der Waals surface area contributed by atoms with Gasteiger partial charge < -0.3 is 15.3 Å². The number of benzene rings is 1. The Morgan fingerprint density at radius 1 is 1.21 bits per heavy atom. The molecule has 3 rings (SSSR count). The zero-order chi connectivity index (χ0) is 13.5. The topological polar surface area (TPSA) is 35.5 Å². The maximum atomic E-state index is 10.3. The Morgan fingerprint density at radius 2 is 1.95 bits per heavy atom. The van der Waals surface area contributed by atoms with E-state index >= 15 is 0 Å². The van der Waals surface area contributed by atoms with Gasteiger partial charge in [0.05, 0.1) is 11.2 Å². The first-order valence-corrected chi connectivity index (χ1v) is 7.49. The molecule has 1 fully saturated rings. The molecule has 0 unspecified atom stereocenters. The molecular weight excluding hydrogens is 236 g/mol. The van der Waals surface area contributed by atoms with Crippen molar-refractivity contribution in [3.63, 3.8) is 0 Å². The van der Waals surface area contributed by atoms with Gasteiger partial charge in [-0.25, -0.2) is 0 Å². The number of phenols is 1. The van der Waals surface area contributed by atoms with Crippen LogP contribution < -0.4 is 10.2 Å². The fourth-order valence-corrected chi connectivity index (χ4v) is 3.94. The van der Waals surface area contributed by atoms with Gasteiger partial charge in [-0.05, 0) is 38.8 Å². The highest BCUT2D eigenvalue weighted by molar-refractivity contribution is 5.80. The van der Waals surface area contributed by atoms with Gasteiger partial charge in [-0.15, -0.1) is 0 Å². The smallest absolute Gasteiger partial charge is 0.141 e. The first-order valence-electron chi connectivity index (χ1n) is 7.49. The summed E-state index contributed by atoms with van der Waals surface area (Å²) in [6.45, 7) is 5.47. The molecule has 1 saturated carbocycles. The van der Waals surface area contributed by atoms with Crippen LogP contribution in [0.5, 0.6) is 5.75 Å². The average molecular weight is 260 g/mol. The largest absolute Gasteiger partial charge is 0.506 e. The van der Waals surface area contributed by atoms with Gasteiger partial charge in [-0.1, -0.05) is 25.3 Å². The zero-order valence-corrected chi connectivity index (χ0v) is 11.9. The van der Waals surface area contributed by atoms with Gasteiger partial charge >= 0.3 is 0 Å². The number of para-hydroxylation sites is 1. The molecular formula is C16H24N2O. The summed E-state index contributed by atoms with van der Waals surface area (Å²) in [5.74, 6) is 0.406. The molecule has 0 saturated heterocycles. The van der Waals surface area contributed by atoms with Crippen LogP contribution in [0.2, 0.25) is 0 Å². The Balaban J connectivity index is 2.09. The van der Waals surface area contributed by atoms with Crippen molar-refractivity contribution in [3.8, 4) is 5.75 Å². The van der Waals surface area contributed by atoms with Gasteiger partial charge in [0.1, 0.15) is 11.4 Å². The van der Waals surface area contributed by atoms with E-state index in [0.29, 0.717) is 11.8 Å². The fraction of sp³-hybridized carbons (Fsp3) is 0.625. The molecule has 0 aromatic heterocycles. The van der Waals surface area contributed by atoms with E-state index in [0.717, 1.165) is 17.9 Å². The monoisotopic (exact) mass is 260 g/mol. The maximum absolute atomic E-state index is 10.3. The summed E-state index contributed by atoms with van der Waals surface area (Å²) in [7, 11) is 0. The van der Waals surface area contributed by atoms with E-state index in [1.54, 1.807) is 6.07 Å². The van der Waals surface area contributed by atoms with Crippen molar-refractivity contribution in [2.75, 3.05) is 16.8 Å². The highest BCUT2D eigenvalue weighted by Gasteiger charge is 2.43. The van der Waals surface area contributed by atoms with Gasteiger partial charge in [-0.2, -0.15) is 0 Å². The summed E-state index contributed by atoms with van der Waals surface area (Å²) >= 11 is 0. The van der Waals surface area contributed by atoms with Crippen LogP contribution in [-0.2, 0) is 0 Å². The Labute approximate surface area is 115 Å². The summed E-state index contributed by atoms with van der Waals surface area (Å²) in [5, 5.41) is 13.9. The summed E-state index contributed by atoms with van der Waals surface area (Å²) in [4.78, 5) is 2.48. The SMILES string of the molecule is CC(C)N1c2c(O)cccc2NCC12CCCCC2. The van der Waals surface area contributed by atoms with Crippen LogP contribution in [0.15, 0.2) is 18.2 Å². The lowest BCUT2D eigenvalue weighted by molar-refractivity contribution is 0.267. The number of hydrogen-bond donors (Lipinski definition) is 2. The summed E-state index contributed by atoms with van der Waals surface area (Å²) in [6.07, 6.45) is 6.40. The second-order valence-corrected chi connectivity index (χ2v) is 6.28. The number of nitrogens with one attached hydrogen (secondary N) is 1. The van der Waals surface area contributed by atoms with E-state index in [1.165, 1.54) is 32.1 Å². The normalized spacial score (nSPS) is 21.3.